The number of anilines is 2. The number of nitrogens with zero attached hydrogens (tertiary/aromatic N) is 2. The Bertz CT molecular complexity index is 695. The van der Waals surface area contributed by atoms with Gasteiger partial charge in [-0.25, -0.2) is 9.97 Å². The van der Waals surface area contributed by atoms with Crippen molar-refractivity contribution < 1.29 is 4.79 Å². The van der Waals surface area contributed by atoms with E-state index in [0.29, 0.717) is 23.3 Å². The molecule has 0 aliphatic rings. The average molecular weight is 340 g/mol. The van der Waals surface area contributed by atoms with Crippen LogP contribution in [0.15, 0.2) is 30.3 Å². The van der Waals surface area contributed by atoms with E-state index in [1.165, 1.54) is 18.4 Å². The molecule has 0 spiro atoms. The second-order valence-electron chi connectivity index (χ2n) is 6.55. The molecule has 2 N–H and O–H groups in total. The number of aromatic nitrogens is 2. The second kappa shape index (κ2) is 9.16. The summed E-state index contributed by atoms with van der Waals surface area (Å²) in [5.74, 6) is 1.53. The number of hydrogen-bond acceptors (Lipinski definition) is 4. The van der Waals surface area contributed by atoms with Crippen molar-refractivity contribution in [3.05, 3.63) is 47.4 Å². The molecule has 0 saturated heterocycles. The lowest BCUT2D eigenvalue weighted by atomic mass is 10.0. The molecule has 1 heterocycles. The zero-order valence-corrected chi connectivity index (χ0v) is 15.6. The molecule has 2 rings (SSSR count). The first-order valence-corrected chi connectivity index (χ1v) is 9.00. The summed E-state index contributed by atoms with van der Waals surface area (Å²) in [6.45, 7) is 9.11. The summed E-state index contributed by atoms with van der Waals surface area (Å²) in [7, 11) is 0. The Balaban J connectivity index is 2.04. The van der Waals surface area contributed by atoms with E-state index < -0.39 is 0 Å². The van der Waals surface area contributed by atoms with Crippen molar-refractivity contribution in [1.29, 1.82) is 0 Å². The van der Waals surface area contributed by atoms with Crippen LogP contribution in [0.2, 0.25) is 0 Å². The molecule has 5 heteroatoms. The SMILES string of the molecule is CCCCCNc1cc(C(=O)Nc2ccc(C(C)C)cc2)nc(C)n1. The Morgan fingerprint density at radius 2 is 1.84 bits per heavy atom. The van der Waals surface area contributed by atoms with Gasteiger partial charge in [0.15, 0.2) is 0 Å². The van der Waals surface area contributed by atoms with E-state index in [2.05, 4.69) is 41.4 Å². The fourth-order valence-electron chi connectivity index (χ4n) is 2.51. The number of aryl methyl sites for hydroxylation is 1. The predicted octanol–water partition coefficient (Wildman–Crippen LogP) is 4.76. The van der Waals surface area contributed by atoms with Crippen LogP contribution >= 0.6 is 0 Å². The number of carbonyl (C=O) groups is 1. The van der Waals surface area contributed by atoms with Crippen LogP contribution in [0, 0.1) is 6.92 Å². The minimum atomic E-state index is -0.223. The maximum absolute atomic E-state index is 12.5. The quantitative estimate of drug-likeness (QED) is 0.680. The highest BCUT2D eigenvalue weighted by atomic mass is 16.1. The monoisotopic (exact) mass is 340 g/mol. The van der Waals surface area contributed by atoms with E-state index in [-0.39, 0.29) is 5.91 Å². The van der Waals surface area contributed by atoms with Gasteiger partial charge in [-0.1, -0.05) is 45.7 Å². The molecule has 1 amide bonds. The molecule has 2 aromatic rings. The zero-order chi connectivity index (χ0) is 18.2. The molecule has 0 saturated carbocycles. The summed E-state index contributed by atoms with van der Waals surface area (Å²) in [6.07, 6.45) is 3.44. The molecule has 5 nitrogen and oxygen atoms in total. The summed E-state index contributed by atoms with van der Waals surface area (Å²) < 4.78 is 0. The lowest BCUT2D eigenvalue weighted by Gasteiger charge is -2.10. The normalized spacial score (nSPS) is 10.8. The number of unbranched alkanes of at least 4 members (excludes halogenated alkanes) is 2. The first-order chi connectivity index (χ1) is 12.0. The zero-order valence-electron chi connectivity index (χ0n) is 15.6. The third-order valence-corrected chi connectivity index (χ3v) is 3.99. The fraction of sp³-hybridized carbons (Fsp3) is 0.450. The third-order valence-electron chi connectivity index (χ3n) is 3.99. The Labute approximate surface area is 150 Å². The van der Waals surface area contributed by atoms with Gasteiger partial charge in [-0.2, -0.15) is 0 Å². The van der Waals surface area contributed by atoms with Gasteiger partial charge in [-0.3, -0.25) is 4.79 Å². The van der Waals surface area contributed by atoms with Crippen molar-refractivity contribution in [2.75, 3.05) is 17.2 Å². The Morgan fingerprint density at radius 1 is 1.12 bits per heavy atom. The van der Waals surface area contributed by atoms with Crippen molar-refractivity contribution in [2.24, 2.45) is 0 Å². The van der Waals surface area contributed by atoms with Crippen molar-refractivity contribution >= 4 is 17.4 Å². The predicted molar refractivity (Wildman–Crippen MR) is 103 cm³/mol. The topological polar surface area (TPSA) is 66.9 Å². The lowest BCUT2D eigenvalue weighted by Crippen LogP contribution is -2.16. The van der Waals surface area contributed by atoms with Gasteiger partial charge < -0.3 is 10.6 Å². The maximum atomic E-state index is 12.5. The van der Waals surface area contributed by atoms with Crippen LogP contribution in [0.5, 0.6) is 0 Å². The summed E-state index contributed by atoms with van der Waals surface area (Å²) in [5, 5.41) is 6.17. The van der Waals surface area contributed by atoms with Gasteiger partial charge in [0.25, 0.3) is 5.91 Å². The minimum Gasteiger partial charge on any atom is -0.370 e. The van der Waals surface area contributed by atoms with Crippen LogP contribution in [0.4, 0.5) is 11.5 Å². The standard InChI is InChI=1S/C20H28N4O/c1-5-6-7-12-21-19-13-18(22-15(4)23-19)20(25)24-17-10-8-16(9-11-17)14(2)3/h8-11,13-14H,5-7,12H2,1-4H3,(H,24,25)(H,21,22,23). The van der Waals surface area contributed by atoms with Gasteiger partial charge in [0.05, 0.1) is 0 Å². The third kappa shape index (κ3) is 5.85. The highest BCUT2D eigenvalue weighted by Gasteiger charge is 2.11. The molecule has 1 aromatic heterocycles. The number of amides is 1. The summed E-state index contributed by atoms with van der Waals surface area (Å²) in [5.41, 5.74) is 2.39. The van der Waals surface area contributed by atoms with E-state index >= 15 is 0 Å². The van der Waals surface area contributed by atoms with E-state index in [0.717, 1.165) is 18.7 Å². The fourth-order valence-corrected chi connectivity index (χ4v) is 2.51. The molecular formula is C20H28N4O. The molecule has 0 fully saturated rings. The van der Waals surface area contributed by atoms with E-state index in [4.69, 9.17) is 0 Å². The summed E-state index contributed by atoms with van der Waals surface area (Å²) in [4.78, 5) is 21.1. The van der Waals surface area contributed by atoms with Crippen molar-refractivity contribution in [2.45, 2.75) is 52.9 Å². The molecule has 0 aliphatic heterocycles. The number of rotatable bonds is 8. The van der Waals surface area contributed by atoms with Crippen LogP contribution in [0.1, 0.15) is 67.8 Å². The molecule has 0 unspecified atom stereocenters. The highest BCUT2D eigenvalue weighted by Crippen LogP contribution is 2.18. The Morgan fingerprint density at radius 3 is 2.48 bits per heavy atom. The summed E-state index contributed by atoms with van der Waals surface area (Å²) in [6, 6.07) is 9.62. The molecule has 25 heavy (non-hydrogen) atoms. The molecule has 1 aromatic carbocycles. The number of benzene rings is 1. The van der Waals surface area contributed by atoms with E-state index in [1.807, 2.05) is 24.3 Å². The number of nitrogens with one attached hydrogen (secondary N) is 2. The van der Waals surface area contributed by atoms with Gasteiger partial charge in [0.1, 0.15) is 17.3 Å². The first kappa shape index (κ1) is 18.9. The molecule has 0 aliphatic carbocycles. The second-order valence-corrected chi connectivity index (χ2v) is 6.55. The van der Waals surface area contributed by atoms with Gasteiger partial charge in [-0.05, 0) is 37.0 Å². The molecular weight excluding hydrogens is 312 g/mol. The van der Waals surface area contributed by atoms with Crippen LogP contribution in [-0.4, -0.2) is 22.4 Å². The Hall–Kier alpha value is -2.43. The maximum Gasteiger partial charge on any atom is 0.274 e. The smallest absolute Gasteiger partial charge is 0.274 e. The van der Waals surface area contributed by atoms with Crippen molar-refractivity contribution in [3.8, 4) is 0 Å². The average Bonchev–Trinajstić information content (AvgIpc) is 2.58. The molecule has 134 valence electrons. The molecule has 0 atom stereocenters. The lowest BCUT2D eigenvalue weighted by molar-refractivity contribution is 0.102. The largest absolute Gasteiger partial charge is 0.370 e. The van der Waals surface area contributed by atoms with Crippen LogP contribution in [0.3, 0.4) is 0 Å². The van der Waals surface area contributed by atoms with E-state index in [1.54, 1.807) is 13.0 Å². The minimum absolute atomic E-state index is 0.223. The van der Waals surface area contributed by atoms with Gasteiger partial charge >= 0.3 is 0 Å². The van der Waals surface area contributed by atoms with Crippen molar-refractivity contribution in [3.63, 3.8) is 0 Å². The Kier molecular flexibility index (Phi) is 6.92. The first-order valence-electron chi connectivity index (χ1n) is 9.00. The van der Waals surface area contributed by atoms with Gasteiger partial charge in [0.2, 0.25) is 0 Å². The van der Waals surface area contributed by atoms with Crippen LogP contribution < -0.4 is 10.6 Å². The van der Waals surface area contributed by atoms with Gasteiger partial charge in [-0.15, -0.1) is 0 Å². The summed E-state index contributed by atoms with van der Waals surface area (Å²) >= 11 is 0. The number of hydrogen-bond donors (Lipinski definition) is 2. The van der Waals surface area contributed by atoms with E-state index in [9.17, 15) is 4.79 Å². The van der Waals surface area contributed by atoms with Crippen molar-refractivity contribution in [1.82, 2.24) is 9.97 Å². The molecule has 0 radical (unpaired) electrons. The van der Waals surface area contributed by atoms with Crippen LogP contribution in [-0.2, 0) is 0 Å². The highest BCUT2D eigenvalue weighted by molar-refractivity contribution is 6.03. The van der Waals surface area contributed by atoms with Gasteiger partial charge in [0, 0.05) is 18.3 Å². The van der Waals surface area contributed by atoms with Crippen LogP contribution in [0.25, 0.3) is 0 Å². The molecule has 0 bridgehead atoms. The number of carbonyl (C=O) groups excluding carboxylic acids is 1.